The lowest BCUT2D eigenvalue weighted by molar-refractivity contribution is -0.137. The van der Waals surface area contributed by atoms with E-state index in [0.29, 0.717) is 45.1 Å². The number of hydrogen-bond donors (Lipinski definition) is 0. The molecule has 2 amide bonds. The van der Waals surface area contributed by atoms with Crippen LogP contribution >= 0.6 is 11.6 Å². The first kappa shape index (κ1) is 21.7. The molecule has 1 spiro atoms. The molecular formula is C19H23ClF3N3O3. The first-order valence-corrected chi connectivity index (χ1v) is 9.73. The number of aromatic nitrogens is 1. The van der Waals surface area contributed by atoms with Crippen molar-refractivity contribution < 1.29 is 27.5 Å². The average Bonchev–Trinajstić information content (AvgIpc) is 2.90. The molecule has 0 bridgehead atoms. The second-order valence-corrected chi connectivity index (χ2v) is 8.89. The van der Waals surface area contributed by atoms with Crippen LogP contribution in [-0.4, -0.2) is 47.1 Å². The maximum atomic E-state index is 13.1. The highest BCUT2D eigenvalue weighted by molar-refractivity contribution is 6.33. The van der Waals surface area contributed by atoms with Crippen LogP contribution in [0.25, 0.3) is 0 Å². The Labute approximate surface area is 172 Å². The van der Waals surface area contributed by atoms with E-state index < -0.39 is 28.8 Å². The quantitative estimate of drug-likeness (QED) is 0.653. The van der Waals surface area contributed by atoms with Gasteiger partial charge in [0.15, 0.2) is 5.82 Å². The Hall–Kier alpha value is -2.03. The standard InChI is InChI=1S/C19H23ClF3N3O3/c1-17(2,3)29-16(28)25-7-4-18(5-8-25)6-9-26(15(18)27)14-13(20)10-12(11-24-14)19(21,22)23/h10-11H,4-9H2,1-3H3. The molecule has 160 valence electrons. The molecule has 0 atom stereocenters. The Morgan fingerprint density at radius 2 is 1.76 bits per heavy atom. The van der Waals surface area contributed by atoms with Gasteiger partial charge in [0.25, 0.3) is 0 Å². The molecule has 0 radical (unpaired) electrons. The Morgan fingerprint density at radius 1 is 1.17 bits per heavy atom. The third kappa shape index (κ3) is 4.44. The van der Waals surface area contributed by atoms with Crippen molar-refractivity contribution in [1.82, 2.24) is 9.88 Å². The molecule has 1 aromatic rings. The number of alkyl halides is 3. The summed E-state index contributed by atoms with van der Waals surface area (Å²) in [7, 11) is 0. The van der Waals surface area contributed by atoms with Gasteiger partial charge in [-0.1, -0.05) is 11.6 Å². The van der Waals surface area contributed by atoms with Gasteiger partial charge in [0.05, 0.1) is 16.0 Å². The molecule has 2 saturated heterocycles. The summed E-state index contributed by atoms with van der Waals surface area (Å²) in [6.07, 6.45) is -2.83. The van der Waals surface area contributed by atoms with Gasteiger partial charge in [-0.25, -0.2) is 9.78 Å². The van der Waals surface area contributed by atoms with E-state index in [1.165, 1.54) is 4.90 Å². The molecule has 2 aliphatic rings. The van der Waals surface area contributed by atoms with Gasteiger partial charge in [0.2, 0.25) is 5.91 Å². The second-order valence-electron chi connectivity index (χ2n) is 8.48. The number of nitrogens with zero attached hydrogens (tertiary/aromatic N) is 3. The van der Waals surface area contributed by atoms with Crippen LogP contribution < -0.4 is 4.90 Å². The summed E-state index contributed by atoms with van der Waals surface area (Å²) in [6, 6.07) is 0.785. The Balaban J connectivity index is 1.70. The van der Waals surface area contributed by atoms with Crippen molar-refractivity contribution in [3.63, 3.8) is 0 Å². The molecule has 3 heterocycles. The van der Waals surface area contributed by atoms with E-state index in [2.05, 4.69) is 4.98 Å². The number of ether oxygens (including phenoxy) is 1. The molecule has 29 heavy (non-hydrogen) atoms. The number of piperidine rings is 1. The van der Waals surface area contributed by atoms with Crippen LogP contribution in [-0.2, 0) is 15.7 Å². The van der Waals surface area contributed by atoms with E-state index in [1.807, 2.05) is 0 Å². The van der Waals surface area contributed by atoms with Crippen LogP contribution in [0.15, 0.2) is 12.3 Å². The van der Waals surface area contributed by atoms with E-state index >= 15 is 0 Å². The number of amides is 2. The molecule has 0 aromatic carbocycles. The lowest BCUT2D eigenvalue weighted by Crippen LogP contribution is -2.48. The summed E-state index contributed by atoms with van der Waals surface area (Å²) in [6.45, 7) is 6.44. The molecule has 1 aromatic heterocycles. The number of likely N-dealkylation sites (tertiary alicyclic amines) is 1. The van der Waals surface area contributed by atoms with E-state index in [1.54, 1.807) is 25.7 Å². The first-order valence-electron chi connectivity index (χ1n) is 9.35. The molecule has 10 heteroatoms. The fourth-order valence-electron chi connectivity index (χ4n) is 3.71. The highest BCUT2D eigenvalue weighted by atomic mass is 35.5. The Morgan fingerprint density at radius 3 is 2.28 bits per heavy atom. The smallest absolute Gasteiger partial charge is 0.417 e. The maximum Gasteiger partial charge on any atom is 0.417 e. The van der Waals surface area contributed by atoms with Crippen LogP contribution in [0.3, 0.4) is 0 Å². The zero-order chi connectivity index (χ0) is 21.6. The molecular weight excluding hydrogens is 411 g/mol. The van der Waals surface area contributed by atoms with Crippen molar-refractivity contribution in [3.8, 4) is 0 Å². The summed E-state index contributed by atoms with van der Waals surface area (Å²) in [5.74, 6) is -0.174. The monoisotopic (exact) mass is 433 g/mol. The first-order chi connectivity index (χ1) is 13.3. The Bertz CT molecular complexity index is 815. The summed E-state index contributed by atoms with van der Waals surface area (Å²) in [5.41, 5.74) is -2.22. The molecule has 0 saturated carbocycles. The predicted molar refractivity (Wildman–Crippen MR) is 101 cm³/mol. The van der Waals surface area contributed by atoms with Crippen molar-refractivity contribution >= 4 is 29.4 Å². The van der Waals surface area contributed by atoms with Gasteiger partial charge in [-0.3, -0.25) is 9.69 Å². The number of halogens is 4. The number of hydrogen-bond acceptors (Lipinski definition) is 4. The van der Waals surface area contributed by atoms with Crippen LogP contribution in [0.1, 0.15) is 45.6 Å². The van der Waals surface area contributed by atoms with Gasteiger partial charge in [-0.15, -0.1) is 0 Å². The van der Waals surface area contributed by atoms with Gasteiger partial charge < -0.3 is 9.64 Å². The number of carbonyl (C=O) groups excluding carboxylic acids is 2. The number of pyridine rings is 1. The van der Waals surface area contributed by atoms with Crippen LogP contribution in [0, 0.1) is 5.41 Å². The zero-order valence-electron chi connectivity index (χ0n) is 16.5. The fraction of sp³-hybridized carbons (Fsp3) is 0.632. The maximum absolute atomic E-state index is 13.1. The molecule has 0 aliphatic carbocycles. The van der Waals surface area contributed by atoms with Crippen molar-refractivity contribution in [1.29, 1.82) is 0 Å². The summed E-state index contributed by atoms with van der Waals surface area (Å²) >= 11 is 6.01. The molecule has 0 unspecified atom stereocenters. The lowest BCUT2D eigenvalue weighted by Gasteiger charge is -2.38. The van der Waals surface area contributed by atoms with E-state index in [0.717, 1.165) is 6.07 Å². The fourth-order valence-corrected chi connectivity index (χ4v) is 3.98. The van der Waals surface area contributed by atoms with Crippen LogP contribution in [0.2, 0.25) is 5.02 Å². The minimum Gasteiger partial charge on any atom is -0.444 e. The SMILES string of the molecule is CC(C)(C)OC(=O)N1CCC2(CC1)CCN(c1ncc(C(F)(F)F)cc1Cl)C2=O. The van der Waals surface area contributed by atoms with Crippen LogP contribution in [0.5, 0.6) is 0 Å². The van der Waals surface area contributed by atoms with Gasteiger partial charge in [0.1, 0.15) is 5.60 Å². The third-order valence-corrected chi connectivity index (χ3v) is 5.57. The predicted octanol–water partition coefficient (Wildman–Crippen LogP) is 4.51. The lowest BCUT2D eigenvalue weighted by atomic mass is 9.77. The average molecular weight is 434 g/mol. The highest BCUT2D eigenvalue weighted by Gasteiger charge is 2.50. The van der Waals surface area contributed by atoms with E-state index in [-0.39, 0.29) is 16.7 Å². The zero-order valence-corrected chi connectivity index (χ0v) is 17.2. The van der Waals surface area contributed by atoms with Crippen molar-refractivity contribution in [2.75, 3.05) is 24.5 Å². The summed E-state index contributed by atoms with van der Waals surface area (Å²) < 4.78 is 43.8. The third-order valence-electron chi connectivity index (χ3n) is 5.29. The van der Waals surface area contributed by atoms with Crippen molar-refractivity contribution in [2.24, 2.45) is 5.41 Å². The molecule has 3 rings (SSSR count). The largest absolute Gasteiger partial charge is 0.444 e. The summed E-state index contributed by atoms with van der Waals surface area (Å²) in [5, 5.41) is -0.212. The van der Waals surface area contributed by atoms with Crippen LogP contribution in [0.4, 0.5) is 23.8 Å². The van der Waals surface area contributed by atoms with E-state index in [4.69, 9.17) is 16.3 Å². The van der Waals surface area contributed by atoms with E-state index in [9.17, 15) is 22.8 Å². The second kappa shape index (κ2) is 7.34. The van der Waals surface area contributed by atoms with Crippen molar-refractivity contribution in [3.05, 3.63) is 22.8 Å². The van der Waals surface area contributed by atoms with Crippen molar-refractivity contribution in [2.45, 2.75) is 51.8 Å². The minimum absolute atomic E-state index is 0.0381. The highest BCUT2D eigenvalue weighted by Crippen LogP contribution is 2.44. The van der Waals surface area contributed by atoms with Gasteiger partial charge in [-0.05, 0) is 46.1 Å². The number of anilines is 1. The topological polar surface area (TPSA) is 62.7 Å². The van der Waals surface area contributed by atoms with Gasteiger partial charge >= 0.3 is 12.3 Å². The number of rotatable bonds is 1. The number of carbonyl (C=O) groups is 2. The van der Waals surface area contributed by atoms with Gasteiger partial charge in [-0.2, -0.15) is 13.2 Å². The Kier molecular flexibility index (Phi) is 5.49. The molecule has 0 N–H and O–H groups in total. The minimum atomic E-state index is -4.56. The summed E-state index contributed by atoms with van der Waals surface area (Å²) in [4.78, 5) is 32.1. The molecule has 2 fully saturated rings. The van der Waals surface area contributed by atoms with Gasteiger partial charge in [0, 0.05) is 25.8 Å². The molecule has 6 nitrogen and oxygen atoms in total. The normalized spacial score (nSPS) is 19.8. The molecule has 2 aliphatic heterocycles.